The van der Waals surface area contributed by atoms with Crippen molar-refractivity contribution < 1.29 is 13.2 Å². The van der Waals surface area contributed by atoms with Crippen molar-refractivity contribution in [3.63, 3.8) is 0 Å². The van der Waals surface area contributed by atoms with Crippen molar-refractivity contribution in [2.75, 3.05) is 48.2 Å². The lowest BCUT2D eigenvalue weighted by atomic mass is 10.00. The Morgan fingerprint density at radius 2 is 1.64 bits per heavy atom. The first-order valence-corrected chi connectivity index (χ1v) is 11.5. The summed E-state index contributed by atoms with van der Waals surface area (Å²) in [7, 11) is -3.29. The highest BCUT2D eigenvalue weighted by atomic mass is 32.2. The van der Waals surface area contributed by atoms with Crippen molar-refractivity contribution in [1.29, 1.82) is 0 Å². The molecule has 2 aliphatic heterocycles. The third kappa shape index (κ3) is 3.71. The van der Waals surface area contributed by atoms with Crippen molar-refractivity contribution in [2.45, 2.75) is 12.8 Å². The second-order valence-corrected chi connectivity index (χ2v) is 9.30. The number of anilines is 2. The van der Waals surface area contributed by atoms with Crippen LogP contribution in [0.5, 0.6) is 0 Å². The second-order valence-electron chi connectivity index (χ2n) is 7.40. The van der Waals surface area contributed by atoms with Gasteiger partial charge in [0.15, 0.2) is 0 Å². The largest absolute Gasteiger partial charge is 0.368 e. The molecule has 0 radical (unpaired) electrons. The number of rotatable bonds is 3. The van der Waals surface area contributed by atoms with E-state index < -0.39 is 10.0 Å². The van der Waals surface area contributed by atoms with Gasteiger partial charge in [-0.15, -0.1) is 0 Å². The van der Waals surface area contributed by atoms with Crippen molar-refractivity contribution in [3.05, 3.63) is 59.7 Å². The maximum absolute atomic E-state index is 13.0. The van der Waals surface area contributed by atoms with Crippen LogP contribution < -0.4 is 9.21 Å². The average molecular weight is 400 g/mol. The van der Waals surface area contributed by atoms with Gasteiger partial charge in [-0.25, -0.2) is 8.42 Å². The van der Waals surface area contributed by atoms with Crippen molar-refractivity contribution in [2.24, 2.45) is 0 Å². The summed E-state index contributed by atoms with van der Waals surface area (Å²) in [5.74, 6) is 0.0204. The first-order chi connectivity index (χ1) is 13.4. The van der Waals surface area contributed by atoms with Crippen molar-refractivity contribution in [3.8, 4) is 0 Å². The molecule has 0 bridgehead atoms. The van der Waals surface area contributed by atoms with E-state index in [1.807, 2.05) is 29.2 Å². The Morgan fingerprint density at radius 1 is 0.929 bits per heavy atom. The highest BCUT2D eigenvalue weighted by Gasteiger charge is 2.27. The van der Waals surface area contributed by atoms with E-state index in [9.17, 15) is 13.2 Å². The summed E-state index contributed by atoms with van der Waals surface area (Å²) in [5, 5.41) is 0. The minimum Gasteiger partial charge on any atom is -0.368 e. The summed E-state index contributed by atoms with van der Waals surface area (Å²) >= 11 is 0. The zero-order valence-corrected chi connectivity index (χ0v) is 16.9. The van der Waals surface area contributed by atoms with Crippen LogP contribution >= 0.6 is 0 Å². The molecular formula is C21H25N3O3S. The fourth-order valence-electron chi connectivity index (χ4n) is 4.03. The van der Waals surface area contributed by atoms with Gasteiger partial charge in [-0.1, -0.05) is 18.2 Å². The normalized spacial score (nSPS) is 17.4. The van der Waals surface area contributed by atoms with Crippen LogP contribution in [0.15, 0.2) is 48.5 Å². The third-order valence-corrected chi connectivity index (χ3v) is 6.67. The number of sulfonamides is 1. The maximum Gasteiger partial charge on any atom is 0.253 e. The van der Waals surface area contributed by atoms with Gasteiger partial charge in [0.05, 0.1) is 11.9 Å². The number of fused-ring (bicyclic) bond motifs is 1. The number of carbonyl (C=O) groups excluding carboxylic acids is 1. The Bertz CT molecular complexity index is 968. The highest BCUT2D eigenvalue weighted by molar-refractivity contribution is 7.92. The molecule has 0 unspecified atom stereocenters. The molecule has 2 aromatic rings. The number of piperazine rings is 1. The van der Waals surface area contributed by atoms with E-state index in [0.717, 1.165) is 31.5 Å². The summed E-state index contributed by atoms with van der Waals surface area (Å²) in [5.41, 5.74) is 3.47. The van der Waals surface area contributed by atoms with Gasteiger partial charge in [0, 0.05) is 44.0 Å². The molecule has 1 amide bonds. The van der Waals surface area contributed by atoms with E-state index in [-0.39, 0.29) is 5.91 Å². The van der Waals surface area contributed by atoms with Gasteiger partial charge in [-0.2, -0.15) is 0 Å². The molecule has 4 rings (SSSR count). The number of carbonyl (C=O) groups is 1. The number of benzene rings is 2. The summed E-state index contributed by atoms with van der Waals surface area (Å²) < 4.78 is 25.5. The van der Waals surface area contributed by atoms with E-state index in [0.29, 0.717) is 30.9 Å². The van der Waals surface area contributed by atoms with Crippen molar-refractivity contribution >= 4 is 27.3 Å². The number of hydrogen-bond acceptors (Lipinski definition) is 4. The Kier molecular flexibility index (Phi) is 5.02. The molecule has 0 atom stereocenters. The highest BCUT2D eigenvalue weighted by Crippen LogP contribution is 2.30. The molecule has 2 aliphatic rings. The van der Waals surface area contributed by atoms with Crippen LogP contribution in [0.25, 0.3) is 0 Å². The van der Waals surface area contributed by atoms with E-state index >= 15 is 0 Å². The van der Waals surface area contributed by atoms with Crippen LogP contribution in [0.2, 0.25) is 0 Å². The molecule has 148 valence electrons. The molecule has 2 heterocycles. The average Bonchev–Trinajstić information content (AvgIpc) is 2.72. The molecular weight excluding hydrogens is 374 g/mol. The van der Waals surface area contributed by atoms with Gasteiger partial charge >= 0.3 is 0 Å². The number of aryl methyl sites for hydroxylation is 1. The lowest BCUT2D eigenvalue weighted by Gasteiger charge is -2.36. The lowest BCUT2D eigenvalue weighted by molar-refractivity contribution is 0.0746. The van der Waals surface area contributed by atoms with Gasteiger partial charge in [0.1, 0.15) is 0 Å². The first-order valence-electron chi connectivity index (χ1n) is 9.63. The SMILES string of the molecule is CS(=O)(=O)N1CCCc2cc(C(=O)N3CCN(c4ccccc4)CC3)ccc21. The molecule has 28 heavy (non-hydrogen) atoms. The molecule has 0 aliphatic carbocycles. The monoisotopic (exact) mass is 399 g/mol. The third-order valence-electron chi connectivity index (χ3n) is 5.49. The molecule has 0 saturated carbocycles. The van der Waals surface area contributed by atoms with Crippen LogP contribution in [-0.4, -0.2) is 58.2 Å². The van der Waals surface area contributed by atoms with E-state index in [4.69, 9.17) is 0 Å². The number of para-hydroxylation sites is 1. The van der Waals surface area contributed by atoms with E-state index in [1.165, 1.54) is 16.2 Å². The van der Waals surface area contributed by atoms with Crippen molar-refractivity contribution in [1.82, 2.24) is 4.90 Å². The smallest absolute Gasteiger partial charge is 0.253 e. The number of amides is 1. The summed E-state index contributed by atoms with van der Waals surface area (Å²) in [4.78, 5) is 17.2. The molecule has 6 nitrogen and oxygen atoms in total. The Labute approximate surface area is 166 Å². The number of hydrogen-bond donors (Lipinski definition) is 0. The predicted molar refractivity (Wildman–Crippen MR) is 112 cm³/mol. The van der Waals surface area contributed by atoms with Crippen LogP contribution in [0.3, 0.4) is 0 Å². The van der Waals surface area contributed by atoms with Gasteiger partial charge < -0.3 is 9.80 Å². The van der Waals surface area contributed by atoms with Gasteiger partial charge in [0.25, 0.3) is 5.91 Å². The molecule has 0 N–H and O–H groups in total. The molecule has 0 spiro atoms. The predicted octanol–water partition coefficient (Wildman–Crippen LogP) is 2.36. The standard InChI is InChI=1S/C21H25N3O3S/c1-28(26,27)24-11-5-6-17-16-18(9-10-20(17)24)21(25)23-14-12-22(13-15-23)19-7-3-2-4-8-19/h2-4,7-10,16H,5-6,11-15H2,1H3. The summed E-state index contributed by atoms with van der Waals surface area (Å²) in [6.45, 7) is 3.48. The quantitative estimate of drug-likeness (QED) is 0.795. The van der Waals surface area contributed by atoms with Crippen LogP contribution in [0.4, 0.5) is 11.4 Å². The minimum atomic E-state index is -3.29. The molecule has 1 fully saturated rings. The second kappa shape index (κ2) is 7.47. The minimum absolute atomic E-state index is 0.0204. The van der Waals surface area contributed by atoms with E-state index in [1.54, 1.807) is 12.1 Å². The van der Waals surface area contributed by atoms with Crippen LogP contribution in [0, 0.1) is 0 Å². The van der Waals surface area contributed by atoms with E-state index in [2.05, 4.69) is 17.0 Å². The zero-order valence-electron chi connectivity index (χ0n) is 16.0. The molecule has 1 saturated heterocycles. The summed E-state index contributed by atoms with van der Waals surface area (Å²) in [6, 6.07) is 15.7. The molecule has 2 aromatic carbocycles. The fraction of sp³-hybridized carbons (Fsp3) is 0.381. The Balaban J connectivity index is 1.48. The topological polar surface area (TPSA) is 60.9 Å². The number of nitrogens with zero attached hydrogens (tertiary/aromatic N) is 3. The van der Waals surface area contributed by atoms with Gasteiger partial charge in [-0.05, 0) is 48.7 Å². The van der Waals surface area contributed by atoms with Crippen LogP contribution in [-0.2, 0) is 16.4 Å². The Morgan fingerprint density at radius 3 is 2.32 bits per heavy atom. The molecule has 0 aromatic heterocycles. The summed E-state index contributed by atoms with van der Waals surface area (Å²) in [6.07, 6.45) is 2.80. The van der Waals surface area contributed by atoms with Gasteiger partial charge in [0.2, 0.25) is 10.0 Å². The Hall–Kier alpha value is -2.54. The lowest BCUT2D eigenvalue weighted by Crippen LogP contribution is -2.48. The van der Waals surface area contributed by atoms with Crippen LogP contribution in [0.1, 0.15) is 22.3 Å². The first kappa shape index (κ1) is 18.8. The zero-order chi connectivity index (χ0) is 19.7. The molecule has 7 heteroatoms. The fourth-order valence-corrected chi connectivity index (χ4v) is 5.03. The maximum atomic E-state index is 13.0. The van der Waals surface area contributed by atoms with Gasteiger partial charge in [-0.3, -0.25) is 9.10 Å².